The maximum atomic E-state index is 12.4. The first-order chi connectivity index (χ1) is 10.5. The van der Waals surface area contributed by atoms with Crippen LogP contribution in [0.4, 0.5) is 5.69 Å². The lowest BCUT2D eigenvalue weighted by molar-refractivity contribution is -0.137. The molecule has 0 aliphatic carbocycles. The van der Waals surface area contributed by atoms with E-state index >= 15 is 0 Å². The zero-order valence-corrected chi connectivity index (χ0v) is 13.6. The average molecular weight is 303 g/mol. The van der Waals surface area contributed by atoms with E-state index in [4.69, 9.17) is 0 Å². The molecule has 1 aromatic rings. The summed E-state index contributed by atoms with van der Waals surface area (Å²) in [7, 11) is 1.68. The van der Waals surface area contributed by atoms with Gasteiger partial charge in [0.05, 0.1) is 12.6 Å². The number of nitrogens with one attached hydrogen (secondary N) is 1. The maximum Gasteiger partial charge on any atom is 0.243 e. The minimum Gasteiger partial charge on any atom is -0.335 e. The van der Waals surface area contributed by atoms with Crippen molar-refractivity contribution in [3.8, 4) is 0 Å². The number of anilines is 1. The molecule has 1 aromatic carbocycles. The van der Waals surface area contributed by atoms with Gasteiger partial charge in [0.2, 0.25) is 11.8 Å². The SMILES string of the molecule is Cc1ccc(NC(=O)CN(C)C(=O)[C@H](C)N2CCCC2)cc1. The zero-order chi connectivity index (χ0) is 16.1. The standard InChI is InChI=1S/C17H25N3O2/c1-13-6-8-15(9-7-13)18-16(21)12-19(3)17(22)14(2)20-10-4-5-11-20/h6-9,14H,4-5,10-12H2,1-3H3,(H,18,21)/t14-/m0/s1. The van der Waals surface area contributed by atoms with Crippen molar-refractivity contribution in [2.24, 2.45) is 0 Å². The first-order valence-corrected chi connectivity index (χ1v) is 7.83. The monoisotopic (exact) mass is 303 g/mol. The Hall–Kier alpha value is -1.88. The molecule has 1 N–H and O–H groups in total. The third-order valence-corrected chi connectivity index (χ3v) is 4.14. The van der Waals surface area contributed by atoms with Gasteiger partial charge in [-0.2, -0.15) is 0 Å². The van der Waals surface area contributed by atoms with Crippen molar-refractivity contribution in [3.63, 3.8) is 0 Å². The Morgan fingerprint density at radius 3 is 2.41 bits per heavy atom. The molecule has 0 radical (unpaired) electrons. The second-order valence-electron chi connectivity index (χ2n) is 6.03. The van der Waals surface area contributed by atoms with Gasteiger partial charge in [0, 0.05) is 12.7 Å². The molecule has 1 aliphatic rings. The van der Waals surface area contributed by atoms with E-state index in [1.807, 2.05) is 38.1 Å². The quantitative estimate of drug-likeness (QED) is 0.903. The summed E-state index contributed by atoms with van der Waals surface area (Å²) in [6.07, 6.45) is 2.30. The molecule has 5 heteroatoms. The van der Waals surface area contributed by atoms with E-state index in [0.29, 0.717) is 0 Å². The van der Waals surface area contributed by atoms with Crippen molar-refractivity contribution < 1.29 is 9.59 Å². The number of aryl methyl sites for hydroxylation is 1. The lowest BCUT2D eigenvalue weighted by Gasteiger charge is -2.27. The van der Waals surface area contributed by atoms with E-state index in [-0.39, 0.29) is 24.4 Å². The normalized spacial score (nSPS) is 16.3. The minimum absolute atomic E-state index is 0.000885. The summed E-state index contributed by atoms with van der Waals surface area (Å²) in [5.74, 6) is -0.172. The highest BCUT2D eigenvalue weighted by atomic mass is 16.2. The molecule has 22 heavy (non-hydrogen) atoms. The lowest BCUT2D eigenvalue weighted by Crippen LogP contribution is -2.46. The molecule has 1 heterocycles. The Labute approximate surface area is 132 Å². The molecule has 0 unspecified atom stereocenters. The fourth-order valence-corrected chi connectivity index (χ4v) is 2.73. The number of carbonyl (C=O) groups excluding carboxylic acids is 2. The minimum atomic E-state index is -0.173. The van der Waals surface area contributed by atoms with Crippen LogP contribution in [-0.2, 0) is 9.59 Å². The van der Waals surface area contributed by atoms with Gasteiger partial charge in [-0.1, -0.05) is 17.7 Å². The summed E-state index contributed by atoms with van der Waals surface area (Å²) in [6.45, 7) is 5.93. The van der Waals surface area contributed by atoms with Crippen molar-refractivity contribution in [2.75, 3.05) is 32.0 Å². The van der Waals surface area contributed by atoms with Crippen LogP contribution in [-0.4, -0.2) is 54.3 Å². The third-order valence-electron chi connectivity index (χ3n) is 4.14. The Bertz CT molecular complexity index is 521. The van der Waals surface area contributed by atoms with Crippen molar-refractivity contribution in [1.82, 2.24) is 9.80 Å². The van der Waals surface area contributed by atoms with Gasteiger partial charge in [-0.25, -0.2) is 0 Å². The summed E-state index contributed by atoms with van der Waals surface area (Å²) >= 11 is 0. The number of nitrogens with zero attached hydrogens (tertiary/aromatic N) is 2. The lowest BCUT2D eigenvalue weighted by atomic mass is 10.2. The molecule has 2 amide bonds. The largest absolute Gasteiger partial charge is 0.335 e. The number of rotatable bonds is 5. The molecule has 1 saturated heterocycles. The number of benzene rings is 1. The van der Waals surface area contributed by atoms with Crippen molar-refractivity contribution in [2.45, 2.75) is 32.7 Å². The molecule has 2 rings (SSSR count). The molecule has 5 nitrogen and oxygen atoms in total. The fraction of sp³-hybridized carbons (Fsp3) is 0.529. The highest BCUT2D eigenvalue weighted by Crippen LogP contribution is 2.13. The third kappa shape index (κ3) is 4.31. The number of hydrogen-bond acceptors (Lipinski definition) is 3. The van der Waals surface area contributed by atoms with Crippen LogP contribution in [0.5, 0.6) is 0 Å². The highest BCUT2D eigenvalue weighted by Gasteiger charge is 2.26. The van der Waals surface area contributed by atoms with E-state index in [2.05, 4.69) is 10.2 Å². The Balaban J connectivity index is 1.84. The highest BCUT2D eigenvalue weighted by molar-refractivity contribution is 5.95. The van der Waals surface area contributed by atoms with Gasteiger partial charge in [0.25, 0.3) is 0 Å². The number of hydrogen-bond donors (Lipinski definition) is 1. The van der Waals surface area contributed by atoms with Crippen LogP contribution in [0.25, 0.3) is 0 Å². The van der Waals surface area contributed by atoms with Gasteiger partial charge in [-0.15, -0.1) is 0 Å². The Morgan fingerprint density at radius 1 is 1.23 bits per heavy atom. The molecule has 1 atom stereocenters. The molecule has 120 valence electrons. The van der Waals surface area contributed by atoms with E-state index in [1.54, 1.807) is 7.05 Å². The molecule has 0 bridgehead atoms. The zero-order valence-electron chi connectivity index (χ0n) is 13.6. The number of amides is 2. The van der Waals surface area contributed by atoms with Crippen LogP contribution in [0, 0.1) is 6.92 Å². The van der Waals surface area contributed by atoms with Gasteiger partial charge in [0.1, 0.15) is 0 Å². The van der Waals surface area contributed by atoms with E-state index < -0.39 is 0 Å². The van der Waals surface area contributed by atoms with Gasteiger partial charge in [-0.3, -0.25) is 14.5 Å². The maximum absolute atomic E-state index is 12.4. The first kappa shape index (κ1) is 16.5. The van der Waals surface area contributed by atoms with E-state index in [0.717, 1.165) is 37.2 Å². The number of likely N-dealkylation sites (tertiary alicyclic amines) is 1. The average Bonchev–Trinajstić information content (AvgIpc) is 3.02. The summed E-state index contributed by atoms with van der Waals surface area (Å²) in [4.78, 5) is 28.1. The van der Waals surface area contributed by atoms with Crippen LogP contribution in [0.3, 0.4) is 0 Å². The molecule has 1 aliphatic heterocycles. The summed E-state index contributed by atoms with van der Waals surface area (Å²) in [5, 5.41) is 2.82. The summed E-state index contributed by atoms with van der Waals surface area (Å²) in [5.41, 5.74) is 1.90. The van der Waals surface area contributed by atoms with E-state index in [1.165, 1.54) is 4.90 Å². The van der Waals surface area contributed by atoms with Crippen LogP contribution in [0.15, 0.2) is 24.3 Å². The van der Waals surface area contributed by atoms with Crippen molar-refractivity contribution in [1.29, 1.82) is 0 Å². The first-order valence-electron chi connectivity index (χ1n) is 7.83. The predicted molar refractivity (Wildman–Crippen MR) is 87.7 cm³/mol. The second-order valence-corrected chi connectivity index (χ2v) is 6.03. The number of likely N-dealkylation sites (N-methyl/N-ethyl adjacent to an activating group) is 1. The summed E-state index contributed by atoms with van der Waals surface area (Å²) < 4.78 is 0. The molecular formula is C17H25N3O2. The Kier molecular flexibility index (Phi) is 5.55. The summed E-state index contributed by atoms with van der Waals surface area (Å²) in [6, 6.07) is 7.46. The molecule has 0 spiro atoms. The van der Waals surface area contributed by atoms with Crippen LogP contribution < -0.4 is 5.32 Å². The van der Waals surface area contributed by atoms with Crippen LogP contribution in [0.1, 0.15) is 25.3 Å². The topological polar surface area (TPSA) is 52.7 Å². The predicted octanol–water partition coefficient (Wildman–Crippen LogP) is 1.88. The van der Waals surface area contributed by atoms with E-state index in [9.17, 15) is 9.59 Å². The second kappa shape index (κ2) is 7.40. The smallest absolute Gasteiger partial charge is 0.243 e. The van der Waals surface area contributed by atoms with Crippen molar-refractivity contribution in [3.05, 3.63) is 29.8 Å². The molecule has 0 aromatic heterocycles. The number of carbonyl (C=O) groups is 2. The Morgan fingerprint density at radius 2 is 1.82 bits per heavy atom. The molecule has 0 saturated carbocycles. The van der Waals surface area contributed by atoms with Gasteiger partial charge < -0.3 is 10.2 Å². The molecule has 1 fully saturated rings. The van der Waals surface area contributed by atoms with Crippen LogP contribution >= 0.6 is 0 Å². The van der Waals surface area contributed by atoms with Crippen molar-refractivity contribution >= 4 is 17.5 Å². The van der Waals surface area contributed by atoms with Gasteiger partial charge in [0.15, 0.2) is 0 Å². The fourth-order valence-electron chi connectivity index (χ4n) is 2.73. The van der Waals surface area contributed by atoms with Gasteiger partial charge in [-0.05, 0) is 51.9 Å². The van der Waals surface area contributed by atoms with Gasteiger partial charge >= 0.3 is 0 Å². The molecular weight excluding hydrogens is 278 g/mol. The van der Waals surface area contributed by atoms with Crippen LogP contribution in [0.2, 0.25) is 0 Å².